The SMILES string of the molecule is CCC1CN(c2cc(C)ncc2CNC2CC2)CCN1C. The van der Waals surface area contributed by atoms with Crippen molar-refractivity contribution in [2.24, 2.45) is 0 Å². The second kappa shape index (κ2) is 6.32. The highest BCUT2D eigenvalue weighted by Crippen LogP contribution is 2.26. The van der Waals surface area contributed by atoms with Crippen LogP contribution in [0.5, 0.6) is 0 Å². The number of hydrogen-bond acceptors (Lipinski definition) is 4. The molecule has 1 saturated heterocycles. The first-order valence-corrected chi connectivity index (χ1v) is 8.31. The summed E-state index contributed by atoms with van der Waals surface area (Å²) in [6.45, 7) is 8.73. The van der Waals surface area contributed by atoms with E-state index in [4.69, 9.17) is 0 Å². The molecule has 1 aromatic heterocycles. The van der Waals surface area contributed by atoms with Gasteiger partial charge in [-0.05, 0) is 39.3 Å². The smallest absolute Gasteiger partial charge is 0.0446 e. The van der Waals surface area contributed by atoms with Crippen LogP contribution in [-0.2, 0) is 6.54 Å². The number of anilines is 1. The molecule has 1 N–H and O–H groups in total. The summed E-state index contributed by atoms with van der Waals surface area (Å²) in [6.07, 6.45) is 5.95. The van der Waals surface area contributed by atoms with E-state index in [-0.39, 0.29) is 0 Å². The Labute approximate surface area is 128 Å². The normalized spacial score (nSPS) is 23.6. The van der Waals surface area contributed by atoms with Gasteiger partial charge in [0.05, 0.1) is 0 Å². The van der Waals surface area contributed by atoms with Crippen molar-refractivity contribution in [2.45, 2.75) is 51.7 Å². The lowest BCUT2D eigenvalue weighted by Crippen LogP contribution is -2.51. The predicted molar refractivity (Wildman–Crippen MR) is 87.8 cm³/mol. The molecule has 1 saturated carbocycles. The van der Waals surface area contributed by atoms with Crippen molar-refractivity contribution < 1.29 is 0 Å². The molecule has 0 aromatic carbocycles. The quantitative estimate of drug-likeness (QED) is 0.900. The Morgan fingerprint density at radius 2 is 2.14 bits per heavy atom. The van der Waals surface area contributed by atoms with Crippen LogP contribution in [0.2, 0.25) is 0 Å². The minimum absolute atomic E-state index is 0.663. The largest absolute Gasteiger partial charge is 0.368 e. The van der Waals surface area contributed by atoms with Crippen LogP contribution in [0.25, 0.3) is 0 Å². The van der Waals surface area contributed by atoms with Crippen molar-refractivity contribution >= 4 is 5.69 Å². The summed E-state index contributed by atoms with van der Waals surface area (Å²) in [5, 5.41) is 3.63. The molecule has 1 aromatic rings. The fourth-order valence-electron chi connectivity index (χ4n) is 3.15. The number of aromatic nitrogens is 1. The molecule has 4 heteroatoms. The van der Waals surface area contributed by atoms with E-state index in [2.05, 4.69) is 53.3 Å². The average molecular weight is 288 g/mol. The van der Waals surface area contributed by atoms with E-state index < -0.39 is 0 Å². The van der Waals surface area contributed by atoms with Crippen molar-refractivity contribution in [1.82, 2.24) is 15.2 Å². The first-order chi connectivity index (χ1) is 10.2. The van der Waals surface area contributed by atoms with E-state index in [0.717, 1.165) is 37.9 Å². The predicted octanol–water partition coefficient (Wildman–Crippen LogP) is 2.17. The zero-order chi connectivity index (χ0) is 14.8. The molecule has 0 bridgehead atoms. The number of likely N-dealkylation sites (N-methyl/N-ethyl adjacent to an activating group) is 1. The molecule has 1 aliphatic carbocycles. The fraction of sp³-hybridized carbons (Fsp3) is 0.706. The summed E-state index contributed by atoms with van der Waals surface area (Å²) >= 11 is 0. The van der Waals surface area contributed by atoms with E-state index in [1.54, 1.807) is 0 Å². The summed E-state index contributed by atoms with van der Waals surface area (Å²) in [7, 11) is 2.25. The van der Waals surface area contributed by atoms with Gasteiger partial charge in [0.15, 0.2) is 0 Å². The van der Waals surface area contributed by atoms with Gasteiger partial charge in [-0.3, -0.25) is 9.88 Å². The fourth-order valence-corrected chi connectivity index (χ4v) is 3.15. The van der Waals surface area contributed by atoms with Crippen molar-refractivity contribution in [3.63, 3.8) is 0 Å². The third kappa shape index (κ3) is 3.55. The van der Waals surface area contributed by atoms with Crippen LogP contribution in [0.4, 0.5) is 5.69 Å². The summed E-state index contributed by atoms with van der Waals surface area (Å²) in [5.74, 6) is 0. The zero-order valence-corrected chi connectivity index (χ0v) is 13.6. The van der Waals surface area contributed by atoms with Gasteiger partial charge in [0.2, 0.25) is 0 Å². The topological polar surface area (TPSA) is 31.4 Å². The van der Waals surface area contributed by atoms with Crippen molar-refractivity contribution in [2.75, 3.05) is 31.6 Å². The molecule has 2 aliphatic rings. The van der Waals surface area contributed by atoms with Crippen LogP contribution in [0, 0.1) is 6.92 Å². The summed E-state index contributed by atoms with van der Waals surface area (Å²) in [6, 6.07) is 3.67. The average Bonchev–Trinajstić information content (AvgIpc) is 3.31. The van der Waals surface area contributed by atoms with Gasteiger partial charge in [0.1, 0.15) is 0 Å². The van der Waals surface area contributed by atoms with E-state index in [1.165, 1.54) is 30.5 Å². The van der Waals surface area contributed by atoms with E-state index >= 15 is 0 Å². The number of nitrogens with zero attached hydrogens (tertiary/aromatic N) is 3. The van der Waals surface area contributed by atoms with Gasteiger partial charge in [-0.1, -0.05) is 6.92 Å². The first-order valence-electron chi connectivity index (χ1n) is 8.31. The summed E-state index contributed by atoms with van der Waals surface area (Å²) in [4.78, 5) is 9.57. The Bertz CT molecular complexity index is 484. The van der Waals surface area contributed by atoms with Crippen molar-refractivity contribution in [3.8, 4) is 0 Å². The molecule has 1 atom stereocenters. The lowest BCUT2D eigenvalue weighted by Gasteiger charge is -2.41. The maximum absolute atomic E-state index is 4.51. The highest BCUT2D eigenvalue weighted by Gasteiger charge is 2.25. The summed E-state index contributed by atoms with van der Waals surface area (Å²) in [5.41, 5.74) is 3.86. The lowest BCUT2D eigenvalue weighted by molar-refractivity contribution is 0.213. The van der Waals surface area contributed by atoms with Gasteiger partial charge in [0, 0.05) is 61.4 Å². The number of hydrogen-bond donors (Lipinski definition) is 1. The van der Waals surface area contributed by atoms with Crippen LogP contribution >= 0.6 is 0 Å². The molecule has 4 nitrogen and oxygen atoms in total. The molecule has 21 heavy (non-hydrogen) atoms. The standard InChI is InChI=1S/C17H28N4/c1-4-16-12-21(8-7-20(16)3)17-9-13(2)18-10-14(17)11-19-15-5-6-15/h9-10,15-16,19H,4-8,11-12H2,1-3H3. The Morgan fingerprint density at radius 3 is 2.86 bits per heavy atom. The molecule has 2 fully saturated rings. The molecular formula is C17H28N4. The molecule has 0 spiro atoms. The maximum Gasteiger partial charge on any atom is 0.0446 e. The molecule has 2 heterocycles. The van der Waals surface area contributed by atoms with Crippen LogP contribution < -0.4 is 10.2 Å². The van der Waals surface area contributed by atoms with E-state index in [1.807, 2.05) is 0 Å². The van der Waals surface area contributed by atoms with Crippen LogP contribution in [0.1, 0.15) is 37.4 Å². The molecule has 1 unspecified atom stereocenters. The number of nitrogens with one attached hydrogen (secondary N) is 1. The highest BCUT2D eigenvalue weighted by atomic mass is 15.3. The maximum atomic E-state index is 4.51. The molecular weight excluding hydrogens is 260 g/mol. The van der Waals surface area contributed by atoms with Crippen molar-refractivity contribution in [3.05, 3.63) is 23.5 Å². The minimum Gasteiger partial charge on any atom is -0.368 e. The van der Waals surface area contributed by atoms with Crippen LogP contribution in [0.15, 0.2) is 12.3 Å². The Morgan fingerprint density at radius 1 is 1.33 bits per heavy atom. The van der Waals surface area contributed by atoms with Gasteiger partial charge < -0.3 is 10.2 Å². The molecule has 0 radical (unpaired) electrons. The van der Waals surface area contributed by atoms with E-state index in [9.17, 15) is 0 Å². The Balaban J connectivity index is 1.76. The van der Waals surface area contributed by atoms with Gasteiger partial charge in [-0.15, -0.1) is 0 Å². The van der Waals surface area contributed by atoms with Gasteiger partial charge >= 0.3 is 0 Å². The molecule has 116 valence electrons. The first kappa shape index (κ1) is 14.8. The van der Waals surface area contributed by atoms with E-state index in [0.29, 0.717) is 6.04 Å². The van der Waals surface area contributed by atoms with Gasteiger partial charge in [-0.2, -0.15) is 0 Å². The third-order valence-corrected chi connectivity index (χ3v) is 4.85. The second-order valence-corrected chi connectivity index (χ2v) is 6.60. The highest BCUT2D eigenvalue weighted by molar-refractivity contribution is 5.54. The van der Waals surface area contributed by atoms with Crippen LogP contribution in [-0.4, -0.2) is 48.6 Å². The molecule has 1 aliphatic heterocycles. The third-order valence-electron chi connectivity index (χ3n) is 4.85. The molecule has 3 rings (SSSR count). The number of piperazine rings is 1. The minimum atomic E-state index is 0.663. The Hall–Kier alpha value is -1.13. The number of aryl methyl sites for hydroxylation is 1. The number of rotatable bonds is 5. The molecule has 0 amide bonds. The van der Waals surface area contributed by atoms with Gasteiger partial charge in [-0.25, -0.2) is 0 Å². The Kier molecular flexibility index (Phi) is 4.45. The second-order valence-electron chi connectivity index (χ2n) is 6.60. The monoisotopic (exact) mass is 288 g/mol. The van der Waals surface area contributed by atoms with Gasteiger partial charge in [0.25, 0.3) is 0 Å². The number of pyridine rings is 1. The van der Waals surface area contributed by atoms with Crippen LogP contribution in [0.3, 0.4) is 0 Å². The summed E-state index contributed by atoms with van der Waals surface area (Å²) < 4.78 is 0. The van der Waals surface area contributed by atoms with Crippen molar-refractivity contribution in [1.29, 1.82) is 0 Å². The lowest BCUT2D eigenvalue weighted by atomic mass is 10.1. The zero-order valence-electron chi connectivity index (χ0n) is 13.6.